The predicted molar refractivity (Wildman–Crippen MR) is 107 cm³/mol. The van der Waals surface area contributed by atoms with E-state index < -0.39 is 11.7 Å². The van der Waals surface area contributed by atoms with Crippen LogP contribution in [-0.4, -0.2) is 31.1 Å². The van der Waals surface area contributed by atoms with Crippen LogP contribution in [0.4, 0.5) is 13.2 Å². The van der Waals surface area contributed by atoms with Gasteiger partial charge in [-0.25, -0.2) is 4.98 Å². The molecule has 2 aromatic heterocycles. The Kier molecular flexibility index (Phi) is 8.86. The van der Waals surface area contributed by atoms with Crippen LogP contribution in [-0.2, 0) is 6.18 Å². The molecule has 2 aromatic rings. The van der Waals surface area contributed by atoms with E-state index in [1.807, 2.05) is 26.0 Å². The minimum Gasteiger partial charge on any atom is -0.476 e. The molecule has 27 heavy (non-hydrogen) atoms. The van der Waals surface area contributed by atoms with Crippen LogP contribution in [0.15, 0.2) is 39.9 Å². The molecular weight excluding hydrogens is 476 g/mol. The van der Waals surface area contributed by atoms with Crippen LogP contribution in [0.1, 0.15) is 30.0 Å². The SMILES string of the molecule is CN=C(NCCOc1ccc(C(F)(F)F)cn1)NC(C)c1ccc(C)o1.I. The molecule has 0 fully saturated rings. The molecule has 0 aliphatic rings. The molecule has 0 radical (unpaired) electrons. The summed E-state index contributed by atoms with van der Waals surface area (Å²) in [5.74, 6) is 2.29. The number of aryl methyl sites for hydroxylation is 1. The number of nitrogens with one attached hydrogen (secondary N) is 2. The number of rotatable bonds is 6. The zero-order chi connectivity index (χ0) is 19.2. The van der Waals surface area contributed by atoms with E-state index in [9.17, 15) is 13.2 Å². The summed E-state index contributed by atoms with van der Waals surface area (Å²) in [5.41, 5.74) is -0.810. The summed E-state index contributed by atoms with van der Waals surface area (Å²) in [5, 5.41) is 6.22. The summed E-state index contributed by atoms with van der Waals surface area (Å²) in [6.45, 7) is 4.42. The Hall–Kier alpha value is -1.98. The van der Waals surface area contributed by atoms with Crippen molar-refractivity contribution < 1.29 is 22.3 Å². The molecule has 10 heteroatoms. The molecule has 6 nitrogen and oxygen atoms in total. The van der Waals surface area contributed by atoms with Crippen LogP contribution in [0.2, 0.25) is 0 Å². The maximum absolute atomic E-state index is 12.5. The zero-order valence-corrected chi connectivity index (χ0v) is 17.5. The number of guanidine groups is 1. The smallest absolute Gasteiger partial charge is 0.417 e. The number of nitrogens with zero attached hydrogens (tertiary/aromatic N) is 2. The lowest BCUT2D eigenvalue weighted by molar-refractivity contribution is -0.137. The highest BCUT2D eigenvalue weighted by Gasteiger charge is 2.30. The van der Waals surface area contributed by atoms with Gasteiger partial charge in [0.2, 0.25) is 5.88 Å². The lowest BCUT2D eigenvalue weighted by atomic mass is 10.2. The number of pyridine rings is 1. The second-order valence-electron chi connectivity index (χ2n) is 5.54. The van der Waals surface area contributed by atoms with Crippen LogP contribution < -0.4 is 15.4 Å². The number of hydrogen-bond acceptors (Lipinski definition) is 4. The van der Waals surface area contributed by atoms with E-state index in [4.69, 9.17) is 9.15 Å². The highest BCUT2D eigenvalue weighted by molar-refractivity contribution is 14.0. The fraction of sp³-hybridized carbons (Fsp3) is 0.412. The first kappa shape index (κ1) is 23.1. The minimum atomic E-state index is -4.41. The highest BCUT2D eigenvalue weighted by atomic mass is 127. The molecule has 0 aliphatic carbocycles. The van der Waals surface area contributed by atoms with Gasteiger partial charge in [-0.3, -0.25) is 4.99 Å². The first-order valence-corrected chi connectivity index (χ1v) is 7.99. The van der Waals surface area contributed by atoms with Gasteiger partial charge in [-0.15, -0.1) is 24.0 Å². The molecule has 0 aromatic carbocycles. The van der Waals surface area contributed by atoms with E-state index in [1.54, 1.807) is 7.05 Å². The van der Waals surface area contributed by atoms with Crippen molar-refractivity contribution in [2.45, 2.75) is 26.1 Å². The highest BCUT2D eigenvalue weighted by Crippen LogP contribution is 2.29. The van der Waals surface area contributed by atoms with Crippen LogP contribution in [0.25, 0.3) is 0 Å². The second-order valence-corrected chi connectivity index (χ2v) is 5.54. The average molecular weight is 498 g/mol. The number of aliphatic imine (C=N–C) groups is 1. The molecule has 150 valence electrons. The Morgan fingerprint density at radius 3 is 2.56 bits per heavy atom. The van der Waals surface area contributed by atoms with Crippen molar-refractivity contribution in [3.63, 3.8) is 0 Å². The van der Waals surface area contributed by atoms with Gasteiger partial charge in [-0.05, 0) is 32.0 Å². The summed E-state index contributed by atoms with van der Waals surface area (Å²) in [4.78, 5) is 7.74. The van der Waals surface area contributed by atoms with E-state index in [2.05, 4.69) is 20.6 Å². The second kappa shape index (κ2) is 10.4. The molecular formula is C17H22F3IN4O2. The van der Waals surface area contributed by atoms with E-state index in [0.29, 0.717) is 12.5 Å². The maximum Gasteiger partial charge on any atom is 0.417 e. The largest absolute Gasteiger partial charge is 0.476 e. The van der Waals surface area contributed by atoms with Gasteiger partial charge >= 0.3 is 6.18 Å². The van der Waals surface area contributed by atoms with Crippen molar-refractivity contribution in [2.75, 3.05) is 20.2 Å². The summed E-state index contributed by atoms with van der Waals surface area (Å²) in [6.07, 6.45) is -3.66. The van der Waals surface area contributed by atoms with E-state index in [1.165, 1.54) is 6.07 Å². The summed E-state index contributed by atoms with van der Waals surface area (Å²) >= 11 is 0. The third-order valence-corrected chi connectivity index (χ3v) is 3.47. The molecule has 0 saturated heterocycles. The van der Waals surface area contributed by atoms with Crippen LogP contribution in [0, 0.1) is 6.92 Å². The Morgan fingerprint density at radius 1 is 1.30 bits per heavy atom. The first-order valence-electron chi connectivity index (χ1n) is 7.99. The van der Waals surface area contributed by atoms with Crippen LogP contribution in [0.5, 0.6) is 5.88 Å². The monoisotopic (exact) mass is 498 g/mol. The minimum absolute atomic E-state index is 0. The first-order chi connectivity index (χ1) is 12.3. The Morgan fingerprint density at radius 2 is 2.04 bits per heavy atom. The van der Waals surface area contributed by atoms with E-state index in [-0.39, 0.29) is 42.5 Å². The van der Waals surface area contributed by atoms with Gasteiger partial charge in [0.15, 0.2) is 5.96 Å². The number of hydrogen-bond donors (Lipinski definition) is 2. The topological polar surface area (TPSA) is 71.7 Å². The quantitative estimate of drug-likeness (QED) is 0.274. The van der Waals surface area contributed by atoms with Gasteiger partial charge in [0.25, 0.3) is 0 Å². The summed E-state index contributed by atoms with van der Waals surface area (Å²) < 4.78 is 48.3. The lowest BCUT2D eigenvalue weighted by Gasteiger charge is -2.16. The van der Waals surface area contributed by atoms with E-state index in [0.717, 1.165) is 23.8 Å². The summed E-state index contributed by atoms with van der Waals surface area (Å²) in [6, 6.07) is 5.82. The molecule has 0 saturated carbocycles. The molecule has 1 unspecified atom stereocenters. The number of ether oxygens (including phenoxy) is 1. The molecule has 0 amide bonds. The number of halogens is 4. The molecule has 0 spiro atoms. The predicted octanol–water partition coefficient (Wildman–Crippen LogP) is 3.92. The molecule has 2 N–H and O–H groups in total. The standard InChI is InChI=1S/C17H21F3N4O2.HI/c1-11-4-6-14(26-11)12(2)24-16(21-3)22-8-9-25-15-7-5-13(10-23-15)17(18,19)20;/h4-7,10,12H,8-9H2,1-3H3,(H2,21,22,24);1H. The number of furan rings is 1. The van der Waals surface area contributed by atoms with Gasteiger partial charge in [-0.2, -0.15) is 13.2 Å². The van der Waals surface area contributed by atoms with Gasteiger partial charge in [0, 0.05) is 19.3 Å². The van der Waals surface area contributed by atoms with Crippen molar-refractivity contribution in [1.29, 1.82) is 0 Å². The van der Waals surface area contributed by atoms with Crippen molar-refractivity contribution in [2.24, 2.45) is 4.99 Å². The zero-order valence-electron chi connectivity index (χ0n) is 15.1. The van der Waals surface area contributed by atoms with E-state index >= 15 is 0 Å². The van der Waals surface area contributed by atoms with Crippen molar-refractivity contribution in [3.8, 4) is 5.88 Å². The van der Waals surface area contributed by atoms with Crippen molar-refractivity contribution in [3.05, 3.63) is 47.5 Å². The van der Waals surface area contributed by atoms with Crippen LogP contribution >= 0.6 is 24.0 Å². The Balaban J connectivity index is 0.00000364. The third-order valence-electron chi connectivity index (χ3n) is 3.47. The van der Waals surface area contributed by atoms with Crippen LogP contribution in [0.3, 0.4) is 0 Å². The van der Waals surface area contributed by atoms with Crippen molar-refractivity contribution >= 4 is 29.9 Å². The number of aromatic nitrogens is 1. The van der Waals surface area contributed by atoms with Gasteiger partial charge < -0.3 is 19.8 Å². The molecule has 2 rings (SSSR count). The Bertz CT molecular complexity index is 733. The maximum atomic E-state index is 12.5. The van der Waals surface area contributed by atoms with Crippen molar-refractivity contribution in [1.82, 2.24) is 15.6 Å². The fourth-order valence-electron chi connectivity index (χ4n) is 2.12. The molecule has 2 heterocycles. The molecule has 1 atom stereocenters. The van der Waals surface area contributed by atoms with Gasteiger partial charge in [0.05, 0.1) is 18.2 Å². The lowest BCUT2D eigenvalue weighted by Crippen LogP contribution is -2.40. The summed E-state index contributed by atoms with van der Waals surface area (Å²) in [7, 11) is 1.63. The Labute approximate surface area is 172 Å². The number of alkyl halides is 3. The molecule has 0 aliphatic heterocycles. The normalized spacial score (nSPS) is 12.9. The molecule has 0 bridgehead atoms. The average Bonchev–Trinajstić information content (AvgIpc) is 3.03. The fourth-order valence-corrected chi connectivity index (χ4v) is 2.12. The van der Waals surface area contributed by atoms with Gasteiger partial charge in [0.1, 0.15) is 18.1 Å². The third kappa shape index (κ3) is 7.27. The van der Waals surface area contributed by atoms with Gasteiger partial charge in [-0.1, -0.05) is 0 Å².